The predicted octanol–water partition coefficient (Wildman–Crippen LogP) is 6.18. The van der Waals surface area contributed by atoms with E-state index in [2.05, 4.69) is 13.0 Å². The van der Waals surface area contributed by atoms with Gasteiger partial charge in [0, 0.05) is 5.56 Å². The molecule has 0 fully saturated rings. The van der Waals surface area contributed by atoms with Gasteiger partial charge in [0.15, 0.2) is 0 Å². The van der Waals surface area contributed by atoms with E-state index in [0.29, 0.717) is 16.9 Å². The number of aryl methyl sites for hydroxylation is 1. The molecule has 3 heteroatoms. The predicted molar refractivity (Wildman–Crippen MR) is 111 cm³/mol. The van der Waals surface area contributed by atoms with Crippen LogP contribution in [0.1, 0.15) is 47.7 Å². The van der Waals surface area contributed by atoms with Crippen molar-refractivity contribution in [3.05, 3.63) is 89.5 Å². The van der Waals surface area contributed by atoms with Gasteiger partial charge in [0.2, 0.25) is 0 Å². The summed E-state index contributed by atoms with van der Waals surface area (Å²) in [7, 11) is 0. The molecular weight excluding hydrogens is 346 g/mol. The molecule has 0 unspecified atom stereocenters. The number of ether oxygens (including phenoxy) is 1. The lowest BCUT2D eigenvalue weighted by Gasteiger charge is -2.11. The highest BCUT2D eigenvalue weighted by atomic mass is 16.5. The SMILES string of the molecule is CCCCCc1ccc(C(=O)Oc2cc(C#N)ccc2-c2ccccc2)cc1. The number of hydrogen-bond acceptors (Lipinski definition) is 3. The Morgan fingerprint density at radius 2 is 1.71 bits per heavy atom. The van der Waals surface area contributed by atoms with Gasteiger partial charge in [-0.3, -0.25) is 0 Å². The largest absolute Gasteiger partial charge is 0.422 e. The Morgan fingerprint density at radius 3 is 2.39 bits per heavy atom. The Hall–Kier alpha value is -3.38. The first kappa shape index (κ1) is 19.4. The fourth-order valence-electron chi connectivity index (χ4n) is 3.08. The van der Waals surface area contributed by atoms with E-state index >= 15 is 0 Å². The first-order valence-electron chi connectivity index (χ1n) is 9.62. The Bertz CT molecular complexity index is 970. The van der Waals surface area contributed by atoms with Crippen molar-refractivity contribution in [1.29, 1.82) is 5.26 Å². The van der Waals surface area contributed by atoms with Gasteiger partial charge in [0.1, 0.15) is 5.75 Å². The minimum absolute atomic E-state index is 0.391. The van der Waals surface area contributed by atoms with Gasteiger partial charge in [0.05, 0.1) is 17.2 Å². The fourth-order valence-corrected chi connectivity index (χ4v) is 3.08. The summed E-state index contributed by atoms with van der Waals surface area (Å²) in [6.45, 7) is 2.18. The van der Waals surface area contributed by atoms with Crippen LogP contribution < -0.4 is 4.74 Å². The first-order chi connectivity index (χ1) is 13.7. The lowest BCUT2D eigenvalue weighted by Crippen LogP contribution is -2.09. The zero-order valence-corrected chi connectivity index (χ0v) is 16.0. The van der Waals surface area contributed by atoms with Crippen LogP contribution in [0.4, 0.5) is 0 Å². The number of nitriles is 1. The molecule has 3 aromatic carbocycles. The maximum absolute atomic E-state index is 12.7. The number of benzene rings is 3. The van der Waals surface area contributed by atoms with Crippen LogP contribution in [0, 0.1) is 11.3 Å². The van der Waals surface area contributed by atoms with Crippen LogP contribution in [0.3, 0.4) is 0 Å². The lowest BCUT2D eigenvalue weighted by molar-refractivity contribution is 0.0735. The third-order valence-corrected chi connectivity index (χ3v) is 4.66. The monoisotopic (exact) mass is 369 g/mol. The van der Waals surface area contributed by atoms with E-state index in [4.69, 9.17) is 4.74 Å². The van der Waals surface area contributed by atoms with Gasteiger partial charge in [-0.15, -0.1) is 0 Å². The Labute approximate surface area is 166 Å². The maximum atomic E-state index is 12.7. The molecule has 0 aliphatic carbocycles. The molecule has 0 bridgehead atoms. The minimum Gasteiger partial charge on any atom is -0.422 e. The third kappa shape index (κ3) is 4.86. The van der Waals surface area contributed by atoms with Gasteiger partial charge < -0.3 is 4.74 Å². The number of carbonyl (C=O) groups is 1. The molecule has 3 nitrogen and oxygen atoms in total. The Balaban J connectivity index is 1.81. The smallest absolute Gasteiger partial charge is 0.343 e. The quantitative estimate of drug-likeness (QED) is 0.284. The normalized spacial score (nSPS) is 10.3. The summed E-state index contributed by atoms with van der Waals surface area (Å²) in [6.07, 6.45) is 4.57. The molecule has 0 aromatic heterocycles. The second-order valence-electron chi connectivity index (χ2n) is 6.73. The summed E-state index contributed by atoms with van der Waals surface area (Å²) < 4.78 is 5.68. The standard InChI is InChI=1S/C25H23NO2/c1-2-3-5-8-19-11-14-22(15-12-19)25(27)28-24-17-20(18-26)13-16-23(24)21-9-6-4-7-10-21/h4,6-7,9-17H,2-3,5,8H2,1H3. The molecule has 0 spiro atoms. The second-order valence-corrected chi connectivity index (χ2v) is 6.73. The zero-order chi connectivity index (χ0) is 19.8. The third-order valence-electron chi connectivity index (χ3n) is 4.66. The average molecular weight is 369 g/mol. The molecule has 0 N–H and O–H groups in total. The number of unbranched alkanes of at least 4 members (excludes halogenated alkanes) is 2. The molecule has 0 aliphatic rings. The molecule has 28 heavy (non-hydrogen) atoms. The number of rotatable bonds is 7. The highest BCUT2D eigenvalue weighted by Gasteiger charge is 2.14. The summed E-state index contributed by atoms with van der Waals surface area (Å²) >= 11 is 0. The van der Waals surface area contributed by atoms with Gasteiger partial charge in [-0.2, -0.15) is 5.26 Å². The average Bonchev–Trinajstić information content (AvgIpc) is 2.75. The van der Waals surface area contributed by atoms with E-state index in [-0.39, 0.29) is 0 Å². The number of esters is 1. The molecule has 0 aliphatic heterocycles. The van der Waals surface area contributed by atoms with Crippen molar-refractivity contribution in [2.24, 2.45) is 0 Å². The molecule has 3 rings (SSSR count). The number of nitrogens with zero attached hydrogens (tertiary/aromatic N) is 1. The van der Waals surface area contributed by atoms with E-state index < -0.39 is 5.97 Å². The summed E-state index contributed by atoms with van der Waals surface area (Å²) in [6, 6.07) is 24.5. The maximum Gasteiger partial charge on any atom is 0.343 e. The second kappa shape index (κ2) is 9.53. The van der Waals surface area contributed by atoms with Crippen molar-refractivity contribution in [1.82, 2.24) is 0 Å². The van der Waals surface area contributed by atoms with Crippen molar-refractivity contribution < 1.29 is 9.53 Å². The van der Waals surface area contributed by atoms with Crippen molar-refractivity contribution in [3.8, 4) is 22.9 Å². The van der Waals surface area contributed by atoms with Crippen LogP contribution in [-0.4, -0.2) is 5.97 Å². The highest BCUT2D eigenvalue weighted by molar-refractivity contribution is 5.92. The molecule has 0 saturated carbocycles. The number of carbonyl (C=O) groups excluding carboxylic acids is 1. The van der Waals surface area contributed by atoms with Gasteiger partial charge in [0.25, 0.3) is 0 Å². The van der Waals surface area contributed by atoms with Crippen LogP contribution in [0.15, 0.2) is 72.8 Å². The van der Waals surface area contributed by atoms with Crippen LogP contribution in [0.5, 0.6) is 5.75 Å². The molecule has 0 atom stereocenters. The Morgan fingerprint density at radius 1 is 0.964 bits per heavy atom. The summed E-state index contributed by atoms with van der Waals surface area (Å²) in [5, 5.41) is 9.20. The van der Waals surface area contributed by atoms with Crippen LogP contribution in [-0.2, 0) is 6.42 Å². The first-order valence-corrected chi connectivity index (χ1v) is 9.62. The van der Waals surface area contributed by atoms with Crippen molar-refractivity contribution in [2.45, 2.75) is 32.6 Å². The fraction of sp³-hybridized carbons (Fsp3) is 0.200. The van der Waals surface area contributed by atoms with Crippen LogP contribution in [0.25, 0.3) is 11.1 Å². The van der Waals surface area contributed by atoms with Crippen molar-refractivity contribution in [3.63, 3.8) is 0 Å². The summed E-state index contributed by atoms with van der Waals surface area (Å²) in [4.78, 5) is 12.7. The van der Waals surface area contributed by atoms with E-state index in [1.54, 1.807) is 24.3 Å². The molecule has 3 aromatic rings. The van der Waals surface area contributed by atoms with Gasteiger partial charge in [-0.05, 0) is 54.3 Å². The molecule has 0 saturated heterocycles. The topological polar surface area (TPSA) is 50.1 Å². The molecular formula is C25H23NO2. The van der Waals surface area contributed by atoms with Gasteiger partial charge >= 0.3 is 5.97 Å². The highest BCUT2D eigenvalue weighted by Crippen LogP contribution is 2.31. The molecule has 0 radical (unpaired) electrons. The Kier molecular flexibility index (Phi) is 6.59. The molecule has 140 valence electrons. The summed E-state index contributed by atoms with van der Waals surface area (Å²) in [5.74, 6) is -0.0327. The van der Waals surface area contributed by atoms with E-state index in [0.717, 1.165) is 24.0 Å². The number of hydrogen-bond donors (Lipinski definition) is 0. The van der Waals surface area contributed by atoms with E-state index in [1.807, 2.05) is 48.5 Å². The lowest BCUT2D eigenvalue weighted by atomic mass is 10.0. The minimum atomic E-state index is -0.424. The summed E-state index contributed by atoms with van der Waals surface area (Å²) in [5.41, 5.74) is 3.89. The van der Waals surface area contributed by atoms with E-state index in [9.17, 15) is 10.1 Å². The van der Waals surface area contributed by atoms with Crippen LogP contribution in [0.2, 0.25) is 0 Å². The zero-order valence-electron chi connectivity index (χ0n) is 16.0. The molecule has 0 heterocycles. The van der Waals surface area contributed by atoms with Gasteiger partial charge in [-0.1, -0.05) is 62.2 Å². The molecule has 0 amide bonds. The van der Waals surface area contributed by atoms with Crippen LogP contribution >= 0.6 is 0 Å². The van der Waals surface area contributed by atoms with E-state index in [1.165, 1.54) is 18.4 Å². The van der Waals surface area contributed by atoms with Crippen molar-refractivity contribution in [2.75, 3.05) is 0 Å². The van der Waals surface area contributed by atoms with Crippen molar-refractivity contribution >= 4 is 5.97 Å². The van der Waals surface area contributed by atoms with Gasteiger partial charge in [-0.25, -0.2) is 4.79 Å².